The molecule has 5 heteroatoms. The summed E-state index contributed by atoms with van der Waals surface area (Å²) in [7, 11) is 0. The molecule has 98 valence electrons. The summed E-state index contributed by atoms with van der Waals surface area (Å²) in [5, 5.41) is 17.1. The lowest BCUT2D eigenvalue weighted by molar-refractivity contribution is -0.137. The van der Waals surface area contributed by atoms with Gasteiger partial charge in [-0.1, -0.05) is 6.92 Å². The number of hydrogen-bond donors (Lipinski definition) is 1. The van der Waals surface area contributed by atoms with E-state index in [9.17, 15) is 4.79 Å². The smallest absolute Gasteiger partial charge is 0.303 e. The number of rotatable bonds is 5. The number of aryl methyl sites for hydroxylation is 1. The molecule has 1 aliphatic heterocycles. The summed E-state index contributed by atoms with van der Waals surface area (Å²) in [5.74, 6) is 0.666. The molecule has 1 unspecified atom stereocenters. The molecule has 0 aliphatic carbocycles. The highest BCUT2D eigenvalue weighted by Crippen LogP contribution is 2.24. The van der Waals surface area contributed by atoms with Gasteiger partial charge < -0.3 is 10.0 Å². The van der Waals surface area contributed by atoms with E-state index in [1.165, 1.54) is 0 Å². The number of aliphatic carboxylic acids is 1. The van der Waals surface area contributed by atoms with Crippen molar-refractivity contribution in [3.8, 4) is 0 Å². The van der Waals surface area contributed by atoms with E-state index in [1.807, 2.05) is 12.1 Å². The van der Waals surface area contributed by atoms with Crippen molar-refractivity contribution >= 4 is 11.8 Å². The topological polar surface area (TPSA) is 66.3 Å². The molecule has 0 spiro atoms. The second-order valence-corrected chi connectivity index (χ2v) is 4.77. The van der Waals surface area contributed by atoms with Crippen LogP contribution in [0.1, 0.15) is 31.9 Å². The maximum Gasteiger partial charge on any atom is 0.303 e. The van der Waals surface area contributed by atoms with E-state index < -0.39 is 5.97 Å². The maximum atomic E-state index is 10.5. The van der Waals surface area contributed by atoms with Gasteiger partial charge in [-0.15, -0.1) is 5.10 Å². The van der Waals surface area contributed by atoms with Crippen molar-refractivity contribution in [1.29, 1.82) is 0 Å². The van der Waals surface area contributed by atoms with E-state index in [2.05, 4.69) is 22.0 Å². The van der Waals surface area contributed by atoms with E-state index in [-0.39, 0.29) is 6.42 Å². The Labute approximate surface area is 107 Å². The second kappa shape index (κ2) is 5.80. The van der Waals surface area contributed by atoms with E-state index in [0.29, 0.717) is 5.92 Å². The van der Waals surface area contributed by atoms with Gasteiger partial charge in [-0.25, -0.2) is 0 Å². The van der Waals surface area contributed by atoms with Crippen molar-refractivity contribution in [2.75, 3.05) is 18.0 Å². The molecule has 0 aromatic carbocycles. The Morgan fingerprint density at radius 1 is 1.50 bits per heavy atom. The maximum absolute atomic E-state index is 10.5. The third kappa shape index (κ3) is 3.18. The summed E-state index contributed by atoms with van der Waals surface area (Å²) in [5.41, 5.74) is 1.00. The molecular weight excluding hydrogens is 230 g/mol. The predicted molar refractivity (Wildman–Crippen MR) is 68.6 cm³/mol. The van der Waals surface area contributed by atoms with Crippen molar-refractivity contribution in [2.24, 2.45) is 5.92 Å². The molecule has 1 aromatic heterocycles. The Kier molecular flexibility index (Phi) is 4.12. The van der Waals surface area contributed by atoms with Gasteiger partial charge in [-0.2, -0.15) is 5.10 Å². The van der Waals surface area contributed by atoms with Crippen LogP contribution >= 0.6 is 0 Å². The number of carboxylic acids is 1. The van der Waals surface area contributed by atoms with Gasteiger partial charge in [0.05, 0.1) is 5.69 Å². The molecule has 18 heavy (non-hydrogen) atoms. The third-order valence-corrected chi connectivity index (χ3v) is 3.44. The number of carbonyl (C=O) groups is 1. The molecule has 1 atom stereocenters. The summed E-state index contributed by atoms with van der Waals surface area (Å²) in [6, 6.07) is 4.01. The fourth-order valence-corrected chi connectivity index (χ4v) is 2.31. The molecule has 1 aromatic rings. The minimum absolute atomic E-state index is 0.263. The molecule has 1 aliphatic rings. The number of anilines is 1. The van der Waals surface area contributed by atoms with Crippen LogP contribution in [0.25, 0.3) is 0 Å². The molecule has 0 radical (unpaired) electrons. The zero-order chi connectivity index (χ0) is 13.0. The average molecular weight is 249 g/mol. The van der Waals surface area contributed by atoms with Crippen LogP contribution in [0.15, 0.2) is 12.1 Å². The molecule has 2 heterocycles. The summed E-state index contributed by atoms with van der Waals surface area (Å²) in [6.45, 7) is 3.90. The number of aromatic nitrogens is 2. The molecule has 0 amide bonds. The Morgan fingerprint density at radius 2 is 2.33 bits per heavy atom. The first-order valence-electron chi connectivity index (χ1n) is 6.48. The number of hydrogen-bond acceptors (Lipinski definition) is 4. The first kappa shape index (κ1) is 12.8. The standard InChI is InChI=1S/C13H19N3O2/c1-2-11-4-5-12(15-14-11)16-8-7-10(9-16)3-6-13(17)18/h4-5,10H,2-3,6-9H2,1H3,(H,17,18). The molecule has 5 nitrogen and oxygen atoms in total. The second-order valence-electron chi connectivity index (χ2n) is 4.77. The summed E-state index contributed by atoms with van der Waals surface area (Å²) in [4.78, 5) is 12.7. The lowest BCUT2D eigenvalue weighted by Gasteiger charge is -2.16. The van der Waals surface area contributed by atoms with Crippen molar-refractivity contribution in [1.82, 2.24) is 10.2 Å². The summed E-state index contributed by atoms with van der Waals surface area (Å²) >= 11 is 0. The van der Waals surface area contributed by atoms with Gasteiger partial charge in [0.25, 0.3) is 0 Å². The van der Waals surface area contributed by atoms with Gasteiger partial charge in [0.2, 0.25) is 0 Å². The predicted octanol–water partition coefficient (Wildman–Crippen LogP) is 1.73. The van der Waals surface area contributed by atoms with Crippen LogP contribution in [0, 0.1) is 5.92 Å². The highest BCUT2D eigenvalue weighted by atomic mass is 16.4. The Hall–Kier alpha value is -1.65. The number of nitrogens with zero attached hydrogens (tertiary/aromatic N) is 3. The van der Waals surface area contributed by atoms with Gasteiger partial charge in [0, 0.05) is 19.5 Å². The number of carboxylic acid groups (broad SMARTS) is 1. The molecule has 1 saturated heterocycles. The highest BCUT2D eigenvalue weighted by Gasteiger charge is 2.24. The van der Waals surface area contributed by atoms with Crippen LogP contribution in [-0.4, -0.2) is 34.4 Å². The Bertz CT molecular complexity index is 405. The SMILES string of the molecule is CCc1ccc(N2CCC(CCC(=O)O)C2)nn1. The lowest BCUT2D eigenvalue weighted by atomic mass is 10.0. The monoisotopic (exact) mass is 249 g/mol. The molecular formula is C13H19N3O2. The first-order chi connectivity index (χ1) is 8.69. The summed E-state index contributed by atoms with van der Waals surface area (Å²) < 4.78 is 0. The average Bonchev–Trinajstić information content (AvgIpc) is 2.85. The van der Waals surface area contributed by atoms with Crippen LogP contribution < -0.4 is 4.90 Å². The quantitative estimate of drug-likeness (QED) is 0.860. The van der Waals surface area contributed by atoms with Gasteiger partial charge in [-0.05, 0) is 37.3 Å². The largest absolute Gasteiger partial charge is 0.481 e. The van der Waals surface area contributed by atoms with Crippen molar-refractivity contribution in [3.05, 3.63) is 17.8 Å². The van der Waals surface area contributed by atoms with Gasteiger partial charge in [0.15, 0.2) is 5.82 Å². The minimum Gasteiger partial charge on any atom is -0.481 e. The third-order valence-electron chi connectivity index (χ3n) is 3.44. The zero-order valence-corrected chi connectivity index (χ0v) is 10.7. The van der Waals surface area contributed by atoms with E-state index >= 15 is 0 Å². The molecule has 0 saturated carbocycles. The minimum atomic E-state index is -0.708. The van der Waals surface area contributed by atoms with Crippen molar-refractivity contribution in [2.45, 2.75) is 32.6 Å². The zero-order valence-electron chi connectivity index (χ0n) is 10.7. The fourth-order valence-electron chi connectivity index (χ4n) is 2.31. The molecule has 2 rings (SSSR count). The molecule has 0 bridgehead atoms. The van der Waals surface area contributed by atoms with Crippen LogP contribution in [0.3, 0.4) is 0 Å². The normalized spacial score (nSPS) is 19.2. The van der Waals surface area contributed by atoms with Crippen LogP contribution in [0.4, 0.5) is 5.82 Å². The summed E-state index contributed by atoms with van der Waals surface area (Å²) in [6.07, 6.45) is 2.96. The van der Waals surface area contributed by atoms with Crippen molar-refractivity contribution in [3.63, 3.8) is 0 Å². The van der Waals surface area contributed by atoms with Crippen LogP contribution in [0.2, 0.25) is 0 Å². The first-order valence-corrected chi connectivity index (χ1v) is 6.48. The Balaban J connectivity index is 1.89. The van der Waals surface area contributed by atoms with Crippen LogP contribution in [0.5, 0.6) is 0 Å². The van der Waals surface area contributed by atoms with Gasteiger partial charge in [-0.3, -0.25) is 4.79 Å². The van der Waals surface area contributed by atoms with E-state index in [1.54, 1.807) is 0 Å². The van der Waals surface area contributed by atoms with E-state index in [4.69, 9.17) is 5.11 Å². The van der Waals surface area contributed by atoms with Crippen LogP contribution in [-0.2, 0) is 11.2 Å². The van der Waals surface area contributed by atoms with Gasteiger partial charge in [0.1, 0.15) is 0 Å². The molecule has 1 N–H and O–H groups in total. The fraction of sp³-hybridized carbons (Fsp3) is 0.615. The van der Waals surface area contributed by atoms with Gasteiger partial charge >= 0.3 is 5.97 Å². The Morgan fingerprint density at radius 3 is 2.94 bits per heavy atom. The van der Waals surface area contributed by atoms with E-state index in [0.717, 1.165) is 43.9 Å². The highest BCUT2D eigenvalue weighted by molar-refractivity contribution is 5.66. The molecule has 1 fully saturated rings. The lowest BCUT2D eigenvalue weighted by Crippen LogP contribution is -2.21. The van der Waals surface area contributed by atoms with Crippen molar-refractivity contribution < 1.29 is 9.90 Å².